The minimum absolute atomic E-state index is 0.232. The lowest BCUT2D eigenvalue weighted by atomic mass is 9.94. The van der Waals surface area contributed by atoms with Crippen LogP contribution in [0.1, 0.15) is 48.9 Å². The number of nitrogens with one attached hydrogen (secondary N) is 2. The number of rotatable bonds is 4. The lowest BCUT2D eigenvalue weighted by Gasteiger charge is -2.31. The molecular formula is C21H26FN3O2. The SMILES string of the molecule is O=C(NC[C@H]1CCN(C2CCCCC2)C1)c1cc(=O)[nH]c2ccc(F)cc12. The summed E-state index contributed by atoms with van der Waals surface area (Å²) in [6.07, 6.45) is 7.69. The molecule has 1 aromatic carbocycles. The lowest BCUT2D eigenvalue weighted by molar-refractivity contribution is 0.0948. The second kappa shape index (κ2) is 7.80. The number of benzene rings is 1. The molecule has 6 heteroatoms. The van der Waals surface area contributed by atoms with E-state index in [1.165, 1.54) is 56.4 Å². The zero-order valence-corrected chi connectivity index (χ0v) is 15.5. The Morgan fingerprint density at radius 1 is 1.19 bits per heavy atom. The van der Waals surface area contributed by atoms with Crippen molar-refractivity contribution >= 4 is 16.8 Å². The number of likely N-dealkylation sites (tertiary alicyclic amines) is 1. The average Bonchev–Trinajstić information content (AvgIpc) is 3.15. The van der Waals surface area contributed by atoms with Crippen LogP contribution in [0.5, 0.6) is 0 Å². The maximum Gasteiger partial charge on any atom is 0.252 e. The normalized spacial score (nSPS) is 21.6. The van der Waals surface area contributed by atoms with Gasteiger partial charge in [-0.15, -0.1) is 0 Å². The number of fused-ring (bicyclic) bond motifs is 1. The monoisotopic (exact) mass is 371 g/mol. The molecule has 0 bridgehead atoms. The van der Waals surface area contributed by atoms with Crippen molar-refractivity contribution < 1.29 is 9.18 Å². The van der Waals surface area contributed by atoms with E-state index in [-0.39, 0.29) is 17.0 Å². The van der Waals surface area contributed by atoms with E-state index in [0.717, 1.165) is 19.5 Å². The van der Waals surface area contributed by atoms with Gasteiger partial charge in [0, 0.05) is 36.1 Å². The largest absolute Gasteiger partial charge is 0.352 e. The van der Waals surface area contributed by atoms with Crippen molar-refractivity contribution in [3.63, 3.8) is 0 Å². The fraction of sp³-hybridized carbons (Fsp3) is 0.524. The second-order valence-electron chi connectivity index (χ2n) is 7.89. The minimum atomic E-state index is -0.428. The molecular weight excluding hydrogens is 345 g/mol. The Hall–Kier alpha value is -2.21. The summed E-state index contributed by atoms with van der Waals surface area (Å²) in [5.41, 5.74) is 0.345. The first-order chi connectivity index (χ1) is 13.1. The van der Waals surface area contributed by atoms with Crippen LogP contribution in [0.25, 0.3) is 10.9 Å². The summed E-state index contributed by atoms with van der Waals surface area (Å²) in [6, 6.07) is 6.01. The molecule has 2 heterocycles. The molecule has 1 aliphatic carbocycles. The van der Waals surface area contributed by atoms with Crippen molar-refractivity contribution in [2.24, 2.45) is 5.92 Å². The van der Waals surface area contributed by atoms with Crippen LogP contribution in [0.15, 0.2) is 29.1 Å². The molecule has 2 N–H and O–H groups in total. The number of carbonyl (C=O) groups is 1. The zero-order valence-electron chi connectivity index (χ0n) is 15.5. The summed E-state index contributed by atoms with van der Waals surface area (Å²) in [6.45, 7) is 2.71. The maximum absolute atomic E-state index is 13.6. The fourth-order valence-corrected chi connectivity index (χ4v) is 4.55. The van der Waals surface area contributed by atoms with Crippen LogP contribution >= 0.6 is 0 Å². The second-order valence-corrected chi connectivity index (χ2v) is 7.89. The first-order valence-electron chi connectivity index (χ1n) is 9.95. The molecule has 2 aromatic rings. The predicted octanol–water partition coefficient (Wildman–Crippen LogP) is 3.05. The fourth-order valence-electron chi connectivity index (χ4n) is 4.55. The number of H-pyrrole nitrogens is 1. The summed E-state index contributed by atoms with van der Waals surface area (Å²) in [5, 5.41) is 3.40. The highest BCUT2D eigenvalue weighted by molar-refractivity contribution is 6.05. The molecule has 0 unspecified atom stereocenters. The molecule has 1 aromatic heterocycles. The van der Waals surface area contributed by atoms with Crippen LogP contribution in [0.4, 0.5) is 4.39 Å². The summed E-state index contributed by atoms with van der Waals surface area (Å²) in [5.74, 6) is -0.309. The molecule has 0 spiro atoms. The highest BCUT2D eigenvalue weighted by atomic mass is 19.1. The molecule has 2 aliphatic rings. The smallest absolute Gasteiger partial charge is 0.252 e. The molecule has 4 rings (SSSR count). The van der Waals surface area contributed by atoms with Gasteiger partial charge in [0.05, 0.1) is 5.56 Å². The lowest BCUT2D eigenvalue weighted by Crippen LogP contribution is -2.36. The highest BCUT2D eigenvalue weighted by Gasteiger charge is 2.29. The van der Waals surface area contributed by atoms with Crippen LogP contribution in [0.3, 0.4) is 0 Å². The molecule has 0 radical (unpaired) electrons. The van der Waals surface area contributed by atoms with Crippen molar-refractivity contribution in [2.75, 3.05) is 19.6 Å². The van der Waals surface area contributed by atoms with E-state index in [4.69, 9.17) is 0 Å². The number of hydrogen-bond donors (Lipinski definition) is 2. The Labute approximate surface area is 157 Å². The topological polar surface area (TPSA) is 65.2 Å². The molecule has 1 aliphatic heterocycles. The van der Waals surface area contributed by atoms with Gasteiger partial charge >= 0.3 is 0 Å². The molecule has 1 amide bonds. The third-order valence-electron chi connectivity index (χ3n) is 6.01. The molecule has 144 valence electrons. The number of aromatic amines is 1. The molecule has 1 saturated heterocycles. The Kier molecular flexibility index (Phi) is 5.25. The van der Waals surface area contributed by atoms with Gasteiger partial charge in [0.1, 0.15) is 5.82 Å². The van der Waals surface area contributed by atoms with Crippen LogP contribution in [0, 0.1) is 11.7 Å². The standard InChI is InChI=1S/C21H26FN3O2/c22-15-6-7-19-17(10-15)18(11-20(26)24-19)21(27)23-12-14-8-9-25(13-14)16-4-2-1-3-5-16/h6-7,10-11,14,16H,1-5,8-9,12-13H2,(H,23,27)(H,24,26)/t14-/m1/s1. The molecule has 1 saturated carbocycles. The van der Waals surface area contributed by atoms with Gasteiger partial charge in [-0.3, -0.25) is 9.59 Å². The van der Waals surface area contributed by atoms with Gasteiger partial charge in [0.25, 0.3) is 5.91 Å². The van der Waals surface area contributed by atoms with Gasteiger partial charge in [-0.2, -0.15) is 0 Å². The average molecular weight is 371 g/mol. The molecule has 5 nitrogen and oxygen atoms in total. The van der Waals surface area contributed by atoms with Gasteiger partial charge in [-0.05, 0) is 49.9 Å². The van der Waals surface area contributed by atoms with Crippen molar-refractivity contribution in [3.8, 4) is 0 Å². The van der Waals surface area contributed by atoms with E-state index < -0.39 is 5.82 Å². The third-order valence-corrected chi connectivity index (χ3v) is 6.01. The first-order valence-corrected chi connectivity index (χ1v) is 9.95. The summed E-state index contributed by atoms with van der Waals surface area (Å²) >= 11 is 0. The Balaban J connectivity index is 1.41. The van der Waals surface area contributed by atoms with E-state index in [2.05, 4.69) is 15.2 Å². The number of amides is 1. The van der Waals surface area contributed by atoms with E-state index in [1.54, 1.807) is 0 Å². The van der Waals surface area contributed by atoms with E-state index in [9.17, 15) is 14.0 Å². The minimum Gasteiger partial charge on any atom is -0.352 e. The number of halogens is 1. The van der Waals surface area contributed by atoms with E-state index >= 15 is 0 Å². The highest BCUT2D eigenvalue weighted by Crippen LogP contribution is 2.27. The first kappa shape index (κ1) is 18.2. The molecule has 1 atom stereocenters. The predicted molar refractivity (Wildman–Crippen MR) is 103 cm³/mol. The molecule has 27 heavy (non-hydrogen) atoms. The Morgan fingerprint density at radius 2 is 2.00 bits per heavy atom. The zero-order chi connectivity index (χ0) is 18.8. The van der Waals surface area contributed by atoms with Gasteiger partial charge in [-0.25, -0.2) is 4.39 Å². The summed E-state index contributed by atoms with van der Waals surface area (Å²) < 4.78 is 13.6. The van der Waals surface area contributed by atoms with Crippen molar-refractivity contribution in [2.45, 2.75) is 44.6 Å². The number of hydrogen-bond acceptors (Lipinski definition) is 3. The Bertz CT molecular complexity index is 889. The van der Waals surface area contributed by atoms with Crippen LogP contribution in [-0.2, 0) is 0 Å². The summed E-state index contributed by atoms with van der Waals surface area (Å²) in [7, 11) is 0. The van der Waals surface area contributed by atoms with Crippen molar-refractivity contribution in [3.05, 3.63) is 46.0 Å². The van der Waals surface area contributed by atoms with E-state index in [1.807, 2.05) is 0 Å². The van der Waals surface area contributed by atoms with Crippen molar-refractivity contribution in [1.29, 1.82) is 0 Å². The molecule has 2 fully saturated rings. The van der Waals surface area contributed by atoms with Crippen LogP contribution in [0.2, 0.25) is 0 Å². The van der Waals surface area contributed by atoms with E-state index in [0.29, 0.717) is 29.4 Å². The number of carbonyl (C=O) groups excluding carboxylic acids is 1. The van der Waals surface area contributed by atoms with Crippen molar-refractivity contribution in [1.82, 2.24) is 15.2 Å². The quantitative estimate of drug-likeness (QED) is 0.868. The maximum atomic E-state index is 13.6. The van der Waals surface area contributed by atoms with Gasteiger partial charge in [0.2, 0.25) is 5.56 Å². The number of nitrogens with zero attached hydrogens (tertiary/aromatic N) is 1. The third kappa shape index (κ3) is 4.05. The number of pyridine rings is 1. The van der Waals surface area contributed by atoms with Gasteiger partial charge < -0.3 is 15.2 Å². The summed E-state index contributed by atoms with van der Waals surface area (Å²) in [4.78, 5) is 29.7. The van der Waals surface area contributed by atoms with Crippen LogP contribution < -0.4 is 10.9 Å². The van der Waals surface area contributed by atoms with Crippen LogP contribution in [-0.4, -0.2) is 41.5 Å². The van der Waals surface area contributed by atoms with Gasteiger partial charge in [0.15, 0.2) is 0 Å². The van der Waals surface area contributed by atoms with Gasteiger partial charge in [-0.1, -0.05) is 19.3 Å². The Morgan fingerprint density at radius 3 is 2.81 bits per heavy atom. The number of aromatic nitrogens is 1.